The molecule has 6 nitrogen and oxygen atoms in total. The second kappa shape index (κ2) is 9.17. The minimum atomic E-state index is 0.0191. The van der Waals surface area contributed by atoms with Crippen LogP contribution in [0, 0.1) is 0 Å². The third kappa shape index (κ3) is 5.18. The normalized spacial score (nSPS) is 14.0. The van der Waals surface area contributed by atoms with E-state index in [0.717, 1.165) is 17.7 Å². The standard InChI is InChI=1S/C20H25N3O3/c1-25-17-9-7-16(8-10-17)20-23-22-19(26-20)12-11-18(24)21-14-13-15-5-3-2-4-6-15/h5,7-10H,2-4,6,11-14H2,1H3,(H,21,24). The number of aryl methyl sites for hydroxylation is 1. The maximum absolute atomic E-state index is 12.0. The number of hydrogen-bond acceptors (Lipinski definition) is 5. The summed E-state index contributed by atoms with van der Waals surface area (Å²) in [6.07, 6.45) is 8.97. The number of rotatable bonds is 8. The van der Waals surface area contributed by atoms with Crippen LogP contribution in [0.15, 0.2) is 40.3 Å². The molecule has 2 aromatic rings. The Morgan fingerprint density at radius 1 is 1.19 bits per heavy atom. The summed E-state index contributed by atoms with van der Waals surface area (Å²) < 4.78 is 10.8. The molecule has 0 fully saturated rings. The van der Waals surface area contributed by atoms with Gasteiger partial charge in [0.25, 0.3) is 0 Å². The molecule has 0 spiro atoms. The highest BCUT2D eigenvalue weighted by Gasteiger charge is 2.11. The van der Waals surface area contributed by atoms with Crippen LogP contribution in [-0.2, 0) is 11.2 Å². The molecule has 3 rings (SSSR count). The summed E-state index contributed by atoms with van der Waals surface area (Å²) in [5, 5.41) is 11.0. The van der Waals surface area contributed by atoms with Gasteiger partial charge in [0.2, 0.25) is 17.7 Å². The Morgan fingerprint density at radius 3 is 2.77 bits per heavy atom. The van der Waals surface area contributed by atoms with Gasteiger partial charge in [0.1, 0.15) is 5.75 Å². The van der Waals surface area contributed by atoms with E-state index in [2.05, 4.69) is 21.6 Å². The Morgan fingerprint density at radius 2 is 2.04 bits per heavy atom. The monoisotopic (exact) mass is 355 g/mol. The van der Waals surface area contributed by atoms with Gasteiger partial charge < -0.3 is 14.5 Å². The maximum atomic E-state index is 12.0. The summed E-state index contributed by atoms with van der Waals surface area (Å²) in [6, 6.07) is 7.41. The van der Waals surface area contributed by atoms with Crippen molar-refractivity contribution in [2.75, 3.05) is 13.7 Å². The van der Waals surface area contributed by atoms with E-state index < -0.39 is 0 Å². The van der Waals surface area contributed by atoms with Crippen LogP contribution < -0.4 is 10.1 Å². The minimum absolute atomic E-state index is 0.0191. The predicted molar refractivity (Wildman–Crippen MR) is 98.8 cm³/mol. The zero-order valence-corrected chi connectivity index (χ0v) is 15.2. The first-order chi connectivity index (χ1) is 12.7. The molecule has 0 aliphatic heterocycles. The molecule has 1 aliphatic carbocycles. The van der Waals surface area contributed by atoms with Gasteiger partial charge in [-0.25, -0.2) is 0 Å². The van der Waals surface area contributed by atoms with Gasteiger partial charge in [-0.05, 0) is 56.4 Å². The Labute approximate surface area is 153 Å². The Bertz CT molecular complexity index is 750. The first-order valence-corrected chi connectivity index (χ1v) is 9.16. The van der Waals surface area contributed by atoms with E-state index in [-0.39, 0.29) is 5.91 Å². The van der Waals surface area contributed by atoms with Crippen LogP contribution in [-0.4, -0.2) is 29.8 Å². The SMILES string of the molecule is COc1ccc(-c2nnc(CCC(=O)NCCC3=CCCCC3)o2)cc1. The third-order valence-electron chi connectivity index (χ3n) is 4.52. The van der Waals surface area contributed by atoms with E-state index in [0.29, 0.717) is 31.2 Å². The van der Waals surface area contributed by atoms with Crippen molar-refractivity contribution in [3.8, 4) is 17.2 Å². The molecule has 0 saturated carbocycles. The third-order valence-corrected chi connectivity index (χ3v) is 4.52. The number of amides is 1. The van der Waals surface area contributed by atoms with Crippen LogP contribution >= 0.6 is 0 Å². The quantitative estimate of drug-likeness (QED) is 0.731. The summed E-state index contributed by atoms with van der Waals surface area (Å²) in [5.74, 6) is 1.72. The number of methoxy groups -OCH3 is 1. The summed E-state index contributed by atoms with van der Waals surface area (Å²) in [4.78, 5) is 12.0. The zero-order valence-electron chi connectivity index (χ0n) is 15.2. The van der Waals surface area contributed by atoms with Crippen LogP contribution in [0.5, 0.6) is 5.75 Å². The number of carbonyl (C=O) groups is 1. The van der Waals surface area contributed by atoms with E-state index >= 15 is 0 Å². The smallest absolute Gasteiger partial charge is 0.247 e. The maximum Gasteiger partial charge on any atom is 0.247 e. The molecule has 0 bridgehead atoms. The largest absolute Gasteiger partial charge is 0.497 e. The second-order valence-corrected chi connectivity index (χ2v) is 6.44. The van der Waals surface area contributed by atoms with Gasteiger partial charge in [-0.3, -0.25) is 4.79 Å². The lowest BCUT2D eigenvalue weighted by Crippen LogP contribution is -2.25. The number of carbonyl (C=O) groups excluding carboxylic acids is 1. The molecule has 0 radical (unpaired) electrons. The minimum Gasteiger partial charge on any atom is -0.497 e. The van der Waals surface area contributed by atoms with Crippen molar-refractivity contribution in [3.63, 3.8) is 0 Å². The van der Waals surface area contributed by atoms with Gasteiger partial charge in [-0.1, -0.05) is 11.6 Å². The highest BCUT2D eigenvalue weighted by molar-refractivity contribution is 5.76. The van der Waals surface area contributed by atoms with E-state index in [1.54, 1.807) is 7.11 Å². The summed E-state index contributed by atoms with van der Waals surface area (Å²) in [5.41, 5.74) is 2.30. The highest BCUT2D eigenvalue weighted by atomic mass is 16.5. The Hall–Kier alpha value is -2.63. The Balaban J connectivity index is 1.42. The molecule has 1 N–H and O–H groups in total. The van der Waals surface area contributed by atoms with Gasteiger partial charge in [0.05, 0.1) is 7.11 Å². The number of allylic oxidation sites excluding steroid dienone is 1. The number of nitrogens with one attached hydrogen (secondary N) is 1. The lowest BCUT2D eigenvalue weighted by molar-refractivity contribution is -0.121. The molecule has 1 aliphatic rings. The molecule has 1 heterocycles. The first kappa shape index (κ1) is 18.2. The van der Waals surface area contributed by atoms with Crippen molar-refractivity contribution in [2.45, 2.75) is 44.9 Å². The van der Waals surface area contributed by atoms with Crippen LogP contribution in [0.1, 0.15) is 44.4 Å². The zero-order chi connectivity index (χ0) is 18.2. The molecule has 1 aromatic carbocycles. The van der Waals surface area contributed by atoms with Crippen molar-refractivity contribution in [3.05, 3.63) is 41.8 Å². The summed E-state index contributed by atoms with van der Waals surface area (Å²) in [7, 11) is 1.62. The van der Waals surface area contributed by atoms with Gasteiger partial charge in [-0.15, -0.1) is 10.2 Å². The summed E-state index contributed by atoms with van der Waals surface area (Å²) >= 11 is 0. The molecule has 6 heteroatoms. The van der Waals surface area contributed by atoms with Crippen molar-refractivity contribution < 1.29 is 13.9 Å². The number of hydrogen-bond donors (Lipinski definition) is 1. The molecule has 138 valence electrons. The van der Waals surface area contributed by atoms with Gasteiger partial charge in [-0.2, -0.15) is 0 Å². The van der Waals surface area contributed by atoms with Crippen molar-refractivity contribution in [1.29, 1.82) is 0 Å². The molecular formula is C20H25N3O3. The highest BCUT2D eigenvalue weighted by Crippen LogP contribution is 2.21. The fraction of sp³-hybridized carbons (Fsp3) is 0.450. The fourth-order valence-corrected chi connectivity index (χ4v) is 3.01. The molecule has 0 atom stereocenters. The number of nitrogens with zero attached hydrogens (tertiary/aromatic N) is 2. The molecule has 26 heavy (non-hydrogen) atoms. The lowest BCUT2D eigenvalue weighted by Gasteiger charge is -2.12. The molecular weight excluding hydrogens is 330 g/mol. The van der Waals surface area contributed by atoms with Crippen molar-refractivity contribution in [2.24, 2.45) is 0 Å². The van der Waals surface area contributed by atoms with Crippen LogP contribution in [0.4, 0.5) is 0 Å². The average molecular weight is 355 g/mol. The second-order valence-electron chi connectivity index (χ2n) is 6.44. The van der Waals surface area contributed by atoms with Crippen LogP contribution in [0.2, 0.25) is 0 Å². The fourth-order valence-electron chi connectivity index (χ4n) is 3.01. The van der Waals surface area contributed by atoms with Gasteiger partial charge in [0, 0.05) is 24.9 Å². The molecule has 0 saturated heterocycles. The van der Waals surface area contributed by atoms with Gasteiger partial charge >= 0.3 is 0 Å². The predicted octanol–water partition coefficient (Wildman–Crippen LogP) is 3.68. The van der Waals surface area contributed by atoms with Crippen molar-refractivity contribution in [1.82, 2.24) is 15.5 Å². The lowest BCUT2D eigenvalue weighted by atomic mass is 9.97. The molecule has 1 aromatic heterocycles. The molecule has 0 unspecified atom stereocenters. The number of ether oxygens (including phenoxy) is 1. The number of benzene rings is 1. The van der Waals surface area contributed by atoms with E-state index in [9.17, 15) is 4.79 Å². The van der Waals surface area contributed by atoms with Crippen molar-refractivity contribution >= 4 is 5.91 Å². The van der Waals surface area contributed by atoms with E-state index in [1.165, 1.54) is 31.3 Å². The topological polar surface area (TPSA) is 77.2 Å². The average Bonchev–Trinajstić information content (AvgIpc) is 3.16. The van der Waals surface area contributed by atoms with E-state index in [4.69, 9.17) is 9.15 Å². The molecule has 1 amide bonds. The Kier molecular flexibility index (Phi) is 6.41. The first-order valence-electron chi connectivity index (χ1n) is 9.16. The van der Waals surface area contributed by atoms with Crippen LogP contribution in [0.3, 0.4) is 0 Å². The van der Waals surface area contributed by atoms with E-state index in [1.807, 2.05) is 24.3 Å². The number of aromatic nitrogens is 2. The van der Waals surface area contributed by atoms with Gasteiger partial charge in [0.15, 0.2) is 0 Å². The van der Waals surface area contributed by atoms with Crippen LogP contribution in [0.25, 0.3) is 11.5 Å². The summed E-state index contributed by atoms with van der Waals surface area (Å²) in [6.45, 7) is 0.700.